The normalized spacial score (nSPS) is 18.4. The minimum absolute atomic E-state index is 0.0169. The molecule has 1 aliphatic rings. The number of hydrogen-bond acceptors (Lipinski definition) is 3. The van der Waals surface area contributed by atoms with Crippen molar-refractivity contribution in [2.75, 3.05) is 19.3 Å². The Morgan fingerprint density at radius 3 is 2.95 bits per heavy atom. The molecule has 1 aliphatic heterocycles. The third kappa shape index (κ3) is 3.05. The number of carbonyl (C=O) groups is 2. The van der Waals surface area contributed by atoms with E-state index in [2.05, 4.69) is 5.32 Å². The molecule has 0 radical (unpaired) electrons. The number of amides is 2. The van der Waals surface area contributed by atoms with Crippen molar-refractivity contribution in [1.82, 2.24) is 10.2 Å². The second-order valence-corrected chi connectivity index (χ2v) is 4.78. The lowest BCUT2D eigenvalue weighted by Gasteiger charge is -2.23. The lowest BCUT2D eigenvalue weighted by Crippen LogP contribution is -2.45. The van der Waals surface area contributed by atoms with Gasteiger partial charge in [-0.3, -0.25) is 9.59 Å². The molecule has 0 spiro atoms. The Labute approximate surface area is 112 Å². The maximum absolute atomic E-state index is 12.3. The van der Waals surface area contributed by atoms with E-state index in [1.807, 2.05) is 12.1 Å². The zero-order valence-corrected chi connectivity index (χ0v) is 11.1. The van der Waals surface area contributed by atoms with E-state index >= 15 is 0 Å². The van der Waals surface area contributed by atoms with Gasteiger partial charge < -0.3 is 16.0 Å². The summed E-state index contributed by atoms with van der Waals surface area (Å²) in [6, 6.07) is 6.97. The van der Waals surface area contributed by atoms with Crippen LogP contribution in [0.15, 0.2) is 24.3 Å². The molecule has 5 nitrogen and oxygen atoms in total. The molecule has 1 aromatic rings. The van der Waals surface area contributed by atoms with E-state index < -0.39 is 0 Å². The first kappa shape index (κ1) is 13.4. The Kier molecular flexibility index (Phi) is 4.04. The lowest BCUT2D eigenvalue weighted by molar-refractivity contribution is -0.137. The van der Waals surface area contributed by atoms with Crippen LogP contribution in [-0.4, -0.2) is 36.3 Å². The summed E-state index contributed by atoms with van der Waals surface area (Å²) in [4.78, 5) is 25.6. The minimum Gasteiger partial charge on any atom is -0.399 e. The molecule has 1 heterocycles. The molecule has 0 aliphatic carbocycles. The van der Waals surface area contributed by atoms with E-state index in [9.17, 15) is 9.59 Å². The Balaban J connectivity index is 2.05. The molecule has 0 bridgehead atoms. The van der Waals surface area contributed by atoms with E-state index in [1.54, 1.807) is 24.1 Å². The van der Waals surface area contributed by atoms with Crippen molar-refractivity contribution in [3.8, 4) is 0 Å². The fraction of sp³-hybridized carbons (Fsp3) is 0.429. The Morgan fingerprint density at radius 2 is 2.26 bits per heavy atom. The third-order valence-electron chi connectivity index (χ3n) is 3.43. The number of likely N-dealkylation sites (N-methyl/N-ethyl adjacent to an activating group) is 1. The van der Waals surface area contributed by atoms with Crippen molar-refractivity contribution in [2.45, 2.75) is 25.3 Å². The van der Waals surface area contributed by atoms with Crippen LogP contribution in [0, 0.1) is 0 Å². The van der Waals surface area contributed by atoms with Gasteiger partial charge in [-0.05, 0) is 30.5 Å². The Bertz CT molecular complexity index is 487. The SMILES string of the molecule is CNC(=O)C1CCCN1C(=O)Cc1cccc(N)c1. The van der Waals surface area contributed by atoms with Crippen LogP contribution in [0.3, 0.4) is 0 Å². The van der Waals surface area contributed by atoms with Gasteiger partial charge in [0.05, 0.1) is 6.42 Å². The number of nitrogens with two attached hydrogens (primary N) is 1. The van der Waals surface area contributed by atoms with Gasteiger partial charge in [0.25, 0.3) is 0 Å². The molecule has 3 N–H and O–H groups in total. The van der Waals surface area contributed by atoms with Crippen LogP contribution in [0.5, 0.6) is 0 Å². The summed E-state index contributed by atoms with van der Waals surface area (Å²) < 4.78 is 0. The monoisotopic (exact) mass is 261 g/mol. The zero-order valence-electron chi connectivity index (χ0n) is 11.1. The van der Waals surface area contributed by atoms with Gasteiger partial charge in [0.15, 0.2) is 0 Å². The maximum atomic E-state index is 12.3. The summed E-state index contributed by atoms with van der Waals surface area (Å²) in [7, 11) is 1.60. The van der Waals surface area contributed by atoms with Crippen molar-refractivity contribution in [3.05, 3.63) is 29.8 Å². The summed E-state index contributed by atoms with van der Waals surface area (Å²) in [5.74, 6) is -0.102. The number of hydrogen-bond donors (Lipinski definition) is 2. The molecule has 2 amide bonds. The molecule has 1 aromatic carbocycles. The second-order valence-electron chi connectivity index (χ2n) is 4.78. The zero-order chi connectivity index (χ0) is 13.8. The second kappa shape index (κ2) is 5.73. The van der Waals surface area contributed by atoms with E-state index in [4.69, 9.17) is 5.73 Å². The van der Waals surface area contributed by atoms with Crippen LogP contribution in [0.2, 0.25) is 0 Å². The molecular weight excluding hydrogens is 242 g/mol. The first-order valence-corrected chi connectivity index (χ1v) is 6.47. The molecule has 1 saturated heterocycles. The summed E-state index contributed by atoms with van der Waals surface area (Å²) >= 11 is 0. The summed E-state index contributed by atoms with van der Waals surface area (Å²) in [5.41, 5.74) is 7.23. The maximum Gasteiger partial charge on any atom is 0.242 e. The largest absolute Gasteiger partial charge is 0.399 e. The van der Waals surface area contributed by atoms with Crippen LogP contribution in [0.1, 0.15) is 18.4 Å². The molecule has 5 heteroatoms. The highest BCUT2D eigenvalue weighted by Gasteiger charge is 2.33. The fourth-order valence-electron chi connectivity index (χ4n) is 2.48. The van der Waals surface area contributed by atoms with Crippen molar-refractivity contribution >= 4 is 17.5 Å². The summed E-state index contributed by atoms with van der Waals surface area (Å²) in [5, 5.41) is 2.61. The van der Waals surface area contributed by atoms with Crippen LogP contribution in [0.25, 0.3) is 0 Å². The van der Waals surface area contributed by atoms with Gasteiger partial charge in [0.1, 0.15) is 6.04 Å². The highest BCUT2D eigenvalue weighted by molar-refractivity contribution is 5.88. The molecule has 0 saturated carbocycles. The van der Waals surface area contributed by atoms with Crippen molar-refractivity contribution in [1.29, 1.82) is 0 Å². The van der Waals surface area contributed by atoms with Crippen molar-refractivity contribution in [3.63, 3.8) is 0 Å². The third-order valence-corrected chi connectivity index (χ3v) is 3.43. The van der Waals surface area contributed by atoms with Crippen molar-refractivity contribution < 1.29 is 9.59 Å². The average molecular weight is 261 g/mol. The number of nitrogens with one attached hydrogen (secondary N) is 1. The molecule has 2 rings (SSSR count). The number of nitrogens with zero attached hydrogens (tertiary/aromatic N) is 1. The van der Waals surface area contributed by atoms with Gasteiger partial charge in [0.2, 0.25) is 11.8 Å². The van der Waals surface area contributed by atoms with Crippen molar-refractivity contribution in [2.24, 2.45) is 0 Å². The predicted octanol–water partition coefficient (Wildman–Crippen LogP) is 0.548. The van der Waals surface area contributed by atoms with Crippen LogP contribution in [-0.2, 0) is 16.0 Å². The lowest BCUT2D eigenvalue weighted by atomic mass is 10.1. The molecule has 1 atom stereocenters. The van der Waals surface area contributed by atoms with Gasteiger partial charge in [-0.15, -0.1) is 0 Å². The number of benzene rings is 1. The number of rotatable bonds is 3. The molecule has 0 aromatic heterocycles. The summed E-state index contributed by atoms with van der Waals surface area (Å²) in [6.45, 7) is 0.652. The smallest absolute Gasteiger partial charge is 0.242 e. The molecule has 102 valence electrons. The number of likely N-dealkylation sites (tertiary alicyclic amines) is 1. The Hall–Kier alpha value is -2.04. The molecule has 1 unspecified atom stereocenters. The molecule has 1 fully saturated rings. The Morgan fingerprint density at radius 1 is 1.47 bits per heavy atom. The highest BCUT2D eigenvalue weighted by Crippen LogP contribution is 2.19. The topological polar surface area (TPSA) is 75.4 Å². The van der Waals surface area contributed by atoms with Crippen LogP contribution in [0.4, 0.5) is 5.69 Å². The average Bonchev–Trinajstić information content (AvgIpc) is 2.87. The van der Waals surface area contributed by atoms with E-state index in [0.29, 0.717) is 18.7 Å². The highest BCUT2D eigenvalue weighted by atomic mass is 16.2. The van der Waals surface area contributed by atoms with Crippen LogP contribution >= 0.6 is 0 Å². The quantitative estimate of drug-likeness (QED) is 0.780. The van der Waals surface area contributed by atoms with Gasteiger partial charge in [0, 0.05) is 19.3 Å². The van der Waals surface area contributed by atoms with Gasteiger partial charge in [-0.2, -0.15) is 0 Å². The summed E-state index contributed by atoms with van der Waals surface area (Å²) in [6.07, 6.45) is 1.90. The van der Waals surface area contributed by atoms with Crippen LogP contribution < -0.4 is 11.1 Å². The van der Waals surface area contributed by atoms with E-state index in [1.165, 1.54) is 0 Å². The fourth-order valence-corrected chi connectivity index (χ4v) is 2.48. The first-order chi connectivity index (χ1) is 9.11. The van der Waals surface area contributed by atoms with E-state index in [-0.39, 0.29) is 17.9 Å². The molecule has 19 heavy (non-hydrogen) atoms. The van der Waals surface area contributed by atoms with Gasteiger partial charge in [-0.25, -0.2) is 0 Å². The number of carbonyl (C=O) groups excluding carboxylic acids is 2. The number of nitrogen functional groups attached to an aromatic ring is 1. The predicted molar refractivity (Wildman–Crippen MR) is 73.4 cm³/mol. The molecular formula is C14H19N3O2. The number of anilines is 1. The van der Waals surface area contributed by atoms with E-state index in [0.717, 1.165) is 18.4 Å². The van der Waals surface area contributed by atoms with Gasteiger partial charge >= 0.3 is 0 Å². The van der Waals surface area contributed by atoms with Gasteiger partial charge in [-0.1, -0.05) is 12.1 Å². The standard InChI is InChI=1S/C14H19N3O2/c1-16-14(19)12-6-3-7-17(12)13(18)9-10-4-2-5-11(15)8-10/h2,4-5,8,12H,3,6-7,9,15H2,1H3,(H,16,19). The first-order valence-electron chi connectivity index (χ1n) is 6.47. The minimum atomic E-state index is -0.321.